The van der Waals surface area contributed by atoms with Crippen LogP contribution < -0.4 is 37.2 Å². The Morgan fingerprint density at radius 3 is 1.35 bits per heavy atom. The molecular formula is C59H101N7O26S. The lowest BCUT2D eigenvalue weighted by Gasteiger charge is -2.51. The van der Waals surface area contributed by atoms with Crippen molar-refractivity contribution in [1.82, 2.24) is 37.2 Å². The fraction of sp³-hybridized carbons (Fsp3) is 0.831. The van der Waals surface area contributed by atoms with Gasteiger partial charge in [-0.15, -0.1) is 0 Å². The Bertz CT molecular complexity index is 2710. The van der Waals surface area contributed by atoms with E-state index in [1.807, 2.05) is 0 Å². The number of ether oxygens (including phenoxy) is 13. The van der Waals surface area contributed by atoms with Crippen molar-refractivity contribution < 1.29 is 122 Å². The molecule has 3 rings (SSSR count). The summed E-state index contributed by atoms with van der Waals surface area (Å²) in [6.07, 6.45) is -22.6. The Hall–Kier alpha value is -6.75. The fourth-order valence-corrected chi connectivity index (χ4v) is 10.0. The maximum absolute atomic E-state index is 15.0. The van der Waals surface area contributed by atoms with Gasteiger partial charge in [0.15, 0.2) is 24.8 Å². The van der Waals surface area contributed by atoms with Gasteiger partial charge in [-0.2, -0.15) is 8.42 Å². The van der Waals surface area contributed by atoms with Gasteiger partial charge in [-0.25, -0.2) is 28.8 Å². The highest BCUT2D eigenvalue weighted by molar-refractivity contribution is 7.86. The van der Waals surface area contributed by atoms with Crippen molar-refractivity contribution in [3.8, 4) is 0 Å². The van der Waals surface area contributed by atoms with Gasteiger partial charge in [0.2, 0.25) is 0 Å². The highest BCUT2D eigenvalue weighted by Gasteiger charge is 2.57. The van der Waals surface area contributed by atoms with Crippen LogP contribution in [0.3, 0.4) is 0 Å². The minimum absolute atomic E-state index is 0.0190. The zero-order valence-electron chi connectivity index (χ0n) is 57.6. The Labute approximate surface area is 544 Å². The Kier molecular flexibility index (Phi) is 28.6. The van der Waals surface area contributed by atoms with Crippen molar-refractivity contribution in [2.45, 2.75) is 290 Å². The van der Waals surface area contributed by atoms with Crippen molar-refractivity contribution in [2.24, 2.45) is 0 Å². The molecule has 2 saturated heterocycles. The maximum atomic E-state index is 15.0. The molecule has 0 spiro atoms. The van der Waals surface area contributed by atoms with Gasteiger partial charge in [-0.3, -0.25) is 23.4 Å². The minimum Gasteiger partial charge on any atom is -0.463 e. The molecule has 0 aromatic heterocycles. The van der Waals surface area contributed by atoms with Gasteiger partial charge in [-0.05, 0) is 144 Å². The van der Waals surface area contributed by atoms with Gasteiger partial charge in [0.25, 0.3) is 16.0 Å². The molecule has 7 N–H and O–H groups in total. The van der Waals surface area contributed by atoms with E-state index in [4.69, 9.17) is 65.8 Å². The lowest BCUT2D eigenvalue weighted by Crippen LogP contribution is -2.73. The predicted octanol–water partition coefficient (Wildman–Crippen LogP) is 4.66. The Balaban J connectivity index is 2.57. The average molecular weight is 1360 g/mol. The number of esters is 3. The van der Waals surface area contributed by atoms with Crippen molar-refractivity contribution in [1.29, 1.82) is 0 Å². The van der Waals surface area contributed by atoms with Crippen LogP contribution in [-0.2, 0) is 95.1 Å². The molecule has 33 nitrogen and oxygen atoms in total. The van der Waals surface area contributed by atoms with Crippen LogP contribution in [0, 0.1) is 0 Å². The van der Waals surface area contributed by atoms with E-state index in [9.17, 15) is 56.4 Å². The molecule has 0 radical (unpaired) electrons. The molecule has 1 saturated carbocycles. The summed E-state index contributed by atoms with van der Waals surface area (Å²) in [4.78, 5) is 135. The van der Waals surface area contributed by atoms with E-state index in [2.05, 4.69) is 37.2 Å². The molecule has 93 heavy (non-hydrogen) atoms. The molecule has 534 valence electrons. The third-order valence-electron chi connectivity index (χ3n) is 12.4. The molecule has 34 heteroatoms. The first-order chi connectivity index (χ1) is 42.2. The van der Waals surface area contributed by atoms with E-state index < -0.39 is 209 Å². The lowest BCUT2D eigenvalue weighted by molar-refractivity contribution is -0.297. The summed E-state index contributed by atoms with van der Waals surface area (Å²) >= 11 is 0. The molecular weight excluding hydrogens is 1250 g/mol. The lowest BCUT2D eigenvalue weighted by atomic mass is 9.82. The molecule has 0 aromatic carbocycles. The summed E-state index contributed by atoms with van der Waals surface area (Å²) in [6.45, 7) is 30.2. The van der Waals surface area contributed by atoms with Crippen LogP contribution in [0.15, 0.2) is 0 Å². The highest BCUT2D eigenvalue weighted by Crippen LogP contribution is 2.37. The summed E-state index contributed by atoms with van der Waals surface area (Å²) in [6, 6.07) is -8.16. The smallest absolute Gasteiger partial charge is 0.408 e. The van der Waals surface area contributed by atoms with Gasteiger partial charge in [0.05, 0.1) is 36.5 Å². The quantitative estimate of drug-likeness (QED) is 0.0467. The van der Waals surface area contributed by atoms with Crippen LogP contribution in [-0.4, -0.2) is 214 Å². The maximum Gasteiger partial charge on any atom is 0.408 e. The Morgan fingerprint density at radius 1 is 0.473 bits per heavy atom. The number of carbonyl (C=O) groups is 10. The summed E-state index contributed by atoms with van der Waals surface area (Å²) in [7, 11) is -4.86. The monoisotopic (exact) mass is 1360 g/mol. The van der Waals surface area contributed by atoms with Gasteiger partial charge in [0.1, 0.15) is 70.7 Å². The van der Waals surface area contributed by atoms with Gasteiger partial charge in [0, 0.05) is 40.3 Å². The summed E-state index contributed by atoms with van der Waals surface area (Å²) in [5.74, 6) is -3.95. The number of nitrogens with one attached hydrogen (secondary N) is 7. The standard InChI is InChI=1S/C59H101N7O26S/c1-30(67)79-29-38-43(81-32(3)69)39(65-52(75)90-58(16,17)18)40(66-53(76)91-59(19,20)21)47(83-38)85-41-35(62-45(70)37(80-31(2)68)25-26-60-48(71)86-54(4,5)6)27-36(64-51(74)89-57(13,14)15)42(44(41)92-93(22,77)78)84-46-34(63-50(73)88-56(10,11)12)24-23-33(82-46)28-61-49(72)87-55(7,8)9/h33-44,46-47H,23-29H2,1-22H3,(H,60,71)(H,61,72)(H,62,70)(H,63,73)(H,64,74)(H,65,75)(H,66,76)/t33-,34+,35+,36-,37-,38+,39+,40+,41-,42+,43+,44+,46+,47+/m0/s1. The van der Waals surface area contributed by atoms with Crippen LogP contribution in [0.2, 0.25) is 0 Å². The molecule has 7 amide bonds. The number of hydrogen-bond donors (Lipinski definition) is 7. The van der Waals surface area contributed by atoms with Crippen LogP contribution in [0.1, 0.15) is 171 Å². The number of carbonyl (C=O) groups excluding carboxylic acids is 10. The highest BCUT2D eigenvalue weighted by atomic mass is 32.2. The van der Waals surface area contributed by atoms with Crippen molar-refractivity contribution in [2.75, 3.05) is 26.0 Å². The van der Waals surface area contributed by atoms with Crippen molar-refractivity contribution in [3.05, 3.63) is 0 Å². The van der Waals surface area contributed by atoms with E-state index >= 15 is 0 Å². The van der Waals surface area contributed by atoms with E-state index in [-0.39, 0.29) is 25.9 Å². The summed E-state index contributed by atoms with van der Waals surface area (Å²) < 4.78 is 111. The van der Waals surface area contributed by atoms with E-state index in [1.54, 1.807) is 83.1 Å². The Morgan fingerprint density at radius 2 is 0.903 bits per heavy atom. The molecule has 0 unspecified atom stereocenters. The zero-order chi connectivity index (χ0) is 71.2. The third-order valence-corrected chi connectivity index (χ3v) is 13.0. The van der Waals surface area contributed by atoms with Gasteiger partial charge in [-0.1, -0.05) is 0 Å². The van der Waals surface area contributed by atoms with Crippen molar-refractivity contribution in [3.63, 3.8) is 0 Å². The largest absolute Gasteiger partial charge is 0.463 e. The molecule has 14 atom stereocenters. The first kappa shape index (κ1) is 80.5. The third kappa shape index (κ3) is 31.4. The second-order valence-corrected chi connectivity index (χ2v) is 30.1. The summed E-state index contributed by atoms with van der Waals surface area (Å²) in [5, 5.41) is 18.4. The molecule has 3 aliphatic rings. The molecule has 1 aliphatic carbocycles. The molecule has 3 fully saturated rings. The number of rotatable bonds is 21. The van der Waals surface area contributed by atoms with Crippen LogP contribution in [0.4, 0.5) is 28.8 Å². The second-order valence-electron chi connectivity index (χ2n) is 28.5. The fourth-order valence-electron chi connectivity index (χ4n) is 9.42. The van der Waals surface area contributed by atoms with E-state index in [1.165, 1.54) is 41.5 Å². The average Bonchev–Trinajstić information content (AvgIpc) is 0.764. The minimum atomic E-state index is -4.86. The van der Waals surface area contributed by atoms with Crippen LogP contribution in [0.25, 0.3) is 0 Å². The predicted molar refractivity (Wildman–Crippen MR) is 326 cm³/mol. The first-order valence-electron chi connectivity index (χ1n) is 30.4. The molecule has 0 aromatic rings. The van der Waals surface area contributed by atoms with Crippen molar-refractivity contribution >= 4 is 70.5 Å². The second kappa shape index (κ2) is 33.1. The van der Waals surface area contributed by atoms with E-state index in [0.717, 1.165) is 20.8 Å². The molecule has 2 heterocycles. The SMILES string of the molecule is CC(=O)OC[C@H]1O[C@H](O[C@@H]2[C@@H](OS(C)(=O)=O)[C@H](O[C@H]3O[C@H](CNC(=O)OC(C)(C)C)CC[C@H]3NC(=O)OC(C)(C)C)[C@@H](NC(=O)OC(C)(C)C)C[C@H]2NC(=O)[C@H](CCNC(=O)OC(C)(C)C)OC(C)=O)[C@H](NC(=O)OC(C)(C)C)[C@@H](NC(=O)OC(C)(C)C)[C@@H]1OC(C)=O. The zero-order valence-corrected chi connectivity index (χ0v) is 58.4. The number of alkyl carbamates (subject to hydrolysis) is 6. The van der Waals surface area contributed by atoms with Gasteiger partial charge < -0.3 is 98.8 Å². The summed E-state index contributed by atoms with van der Waals surface area (Å²) in [5.41, 5.74) is -6.52. The first-order valence-corrected chi connectivity index (χ1v) is 32.3. The van der Waals surface area contributed by atoms with Crippen LogP contribution in [0.5, 0.6) is 0 Å². The van der Waals surface area contributed by atoms with Gasteiger partial charge >= 0.3 is 54.5 Å². The van der Waals surface area contributed by atoms with Crippen LogP contribution >= 0.6 is 0 Å². The number of amides is 7. The molecule has 0 bridgehead atoms. The number of hydrogen-bond acceptors (Lipinski definition) is 26. The topological polar surface area (TPSA) is 418 Å². The van der Waals surface area contributed by atoms with E-state index in [0.29, 0.717) is 6.26 Å². The molecule has 2 aliphatic heterocycles. The normalized spacial score (nSPS) is 25.8.